The summed E-state index contributed by atoms with van der Waals surface area (Å²) in [6.45, 7) is 8.33. The van der Waals surface area contributed by atoms with Crippen LogP contribution in [-0.4, -0.2) is 19.0 Å². The van der Waals surface area contributed by atoms with Crippen LogP contribution in [0.3, 0.4) is 0 Å². The average molecular weight is 138 g/mol. The van der Waals surface area contributed by atoms with Crippen molar-refractivity contribution >= 4 is 5.91 Å². The van der Waals surface area contributed by atoms with Crippen molar-refractivity contribution in [3.05, 3.63) is 24.4 Å². The molecule has 1 heterocycles. The van der Waals surface area contributed by atoms with Gasteiger partial charge in [-0.05, 0) is 5.57 Å². The van der Waals surface area contributed by atoms with Crippen LogP contribution in [0.15, 0.2) is 24.4 Å². The topological polar surface area (TPSA) is 41.1 Å². The van der Waals surface area contributed by atoms with Gasteiger partial charge in [0.1, 0.15) is 0 Å². The molecule has 0 radical (unpaired) electrons. The van der Waals surface area contributed by atoms with Crippen molar-refractivity contribution in [3.63, 3.8) is 0 Å². The normalized spacial score (nSPS) is 20.2. The van der Waals surface area contributed by atoms with Gasteiger partial charge in [0.05, 0.1) is 6.54 Å². The number of amides is 1. The van der Waals surface area contributed by atoms with Crippen LogP contribution in [-0.2, 0) is 4.79 Å². The summed E-state index contributed by atoms with van der Waals surface area (Å²) in [6, 6.07) is 0. The van der Waals surface area contributed by atoms with Crippen LogP contribution < -0.4 is 10.6 Å². The van der Waals surface area contributed by atoms with E-state index in [4.69, 9.17) is 0 Å². The molecule has 1 aliphatic rings. The third-order valence-electron chi connectivity index (χ3n) is 1.34. The van der Waals surface area contributed by atoms with Crippen LogP contribution in [0.2, 0.25) is 0 Å². The molecule has 0 unspecified atom stereocenters. The number of rotatable bonds is 0. The molecule has 0 spiro atoms. The van der Waals surface area contributed by atoms with Gasteiger partial charge in [-0.1, -0.05) is 13.2 Å². The Balaban J connectivity index is 2.66. The molecule has 3 heteroatoms. The Kier molecular flexibility index (Phi) is 1.87. The Labute approximate surface area is 59.8 Å². The van der Waals surface area contributed by atoms with E-state index in [0.29, 0.717) is 18.8 Å². The maximum absolute atomic E-state index is 10.8. The molecule has 0 atom stereocenters. The monoisotopic (exact) mass is 138 g/mol. The van der Waals surface area contributed by atoms with Crippen LogP contribution in [0, 0.1) is 0 Å². The number of carbonyl (C=O) groups excluding carboxylic acids is 1. The van der Waals surface area contributed by atoms with E-state index in [-0.39, 0.29) is 5.91 Å². The molecule has 1 rings (SSSR count). The first-order valence-electron chi connectivity index (χ1n) is 3.08. The van der Waals surface area contributed by atoms with Crippen molar-refractivity contribution < 1.29 is 4.79 Å². The van der Waals surface area contributed by atoms with Gasteiger partial charge in [0.15, 0.2) is 0 Å². The maximum Gasteiger partial charge on any atom is 0.238 e. The molecule has 2 N–H and O–H groups in total. The van der Waals surface area contributed by atoms with Gasteiger partial charge in [-0.2, -0.15) is 0 Å². The number of carbonyl (C=O) groups is 1. The first-order chi connectivity index (χ1) is 4.70. The minimum atomic E-state index is -0.0522. The van der Waals surface area contributed by atoms with Gasteiger partial charge in [-0.15, -0.1) is 0 Å². The van der Waals surface area contributed by atoms with Gasteiger partial charge in [0.2, 0.25) is 5.91 Å². The predicted molar refractivity (Wildman–Crippen MR) is 39.3 cm³/mol. The molecular formula is C7H10N2O. The quantitative estimate of drug-likeness (QED) is 0.485. The van der Waals surface area contributed by atoms with E-state index in [9.17, 15) is 4.79 Å². The summed E-state index contributed by atoms with van der Waals surface area (Å²) in [7, 11) is 0. The van der Waals surface area contributed by atoms with Crippen molar-refractivity contribution in [1.29, 1.82) is 0 Å². The van der Waals surface area contributed by atoms with Crippen LogP contribution in [0.5, 0.6) is 0 Å². The lowest BCUT2D eigenvalue weighted by Gasteiger charge is -2.02. The van der Waals surface area contributed by atoms with Crippen molar-refractivity contribution in [2.75, 3.05) is 13.1 Å². The highest BCUT2D eigenvalue weighted by molar-refractivity contribution is 5.81. The highest BCUT2D eigenvalue weighted by Gasteiger charge is 2.09. The number of hydrogen-bond donors (Lipinski definition) is 2. The summed E-state index contributed by atoms with van der Waals surface area (Å²) >= 11 is 0. The second-order valence-corrected chi connectivity index (χ2v) is 2.23. The van der Waals surface area contributed by atoms with E-state index >= 15 is 0 Å². The summed E-state index contributed by atoms with van der Waals surface area (Å²) < 4.78 is 0. The third-order valence-corrected chi connectivity index (χ3v) is 1.34. The van der Waals surface area contributed by atoms with Crippen molar-refractivity contribution in [2.45, 2.75) is 0 Å². The summed E-state index contributed by atoms with van der Waals surface area (Å²) in [4.78, 5) is 10.8. The van der Waals surface area contributed by atoms with Gasteiger partial charge in [0.25, 0.3) is 0 Å². The lowest BCUT2D eigenvalue weighted by atomic mass is 10.2. The van der Waals surface area contributed by atoms with E-state index in [1.165, 1.54) is 0 Å². The van der Waals surface area contributed by atoms with Crippen LogP contribution in [0.1, 0.15) is 0 Å². The van der Waals surface area contributed by atoms with Crippen LogP contribution >= 0.6 is 0 Å². The molecular weight excluding hydrogens is 128 g/mol. The SMILES string of the molecule is C=C1CNCC(=O)NC1=C. The second kappa shape index (κ2) is 2.66. The van der Waals surface area contributed by atoms with Crippen molar-refractivity contribution in [2.24, 2.45) is 0 Å². The van der Waals surface area contributed by atoms with E-state index in [1.54, 1.807) is 0 Å². The van der Waals surface area contributed by atoms with E-state index in [2.05, 4.69) is 23.8 Å². The largest absolute Gasteiger partial charge is 0.325 e. The molecule has 3 nitrogen and oxygen atoms in total. The Morgan fingerprint density at radius 1 is 1.30 bits per heavy atom. The van der Waals surface area contributed by atoms with E-state index in [1.807, 2.05) is 0 Å². The fourth-order valence-corrected chi connectivity index (χ4v) is 0.734. The van der Waals surface area contributed by atoms with Gasteiger partial charge in [-0.25, -0.2) is 0 Å². The molecule has 1 saturated heterocycles. The van der Waals surface area contributed by atoms with Crippen molar-refractivity contribution in [3.8, 4) is 0 Å². The second-order valence-electron chi connectivity index (χ2n) is 2.23. The zero-order valence-corrected chi connectivity index (χ0v) is 5.74. The molecule has 1 fully saturated rings. The smallest absolute Gasteiger partial charge is 0.238 e. The number of nitrogens with one attached hydrogen (secondary N) is 2. The molecule has 0 aromatic rings. The van der Waals surface area contributed by atoms with Gasteiger partial charge < -0.3 is 10.6 Å². The van der Waals surface area contributed by atoms with Gasteiger partial charge in [-0.3, -0.25) is 4.79 Å². The lowest BCUT2D eigenvalue weighted by Crippen LogP contribution is -2.28. The highest BCUT2D eigenvalue weighted by atomic mass is 16.1. The highest BCUT2D eigenvalue weighted by Crippen LogP contribution is 2.01. The summed E-state index contributed by atoms with van der Waals surface area (Å²) in [5.74, 6) is -0.0522. The van der Waals surface area contributed by atoms with Gasteiger partial charge in [0, 0.05) is 12.2 Å². The summed E-state index contributed by atoms with van der Waals surface area (Å²) in [6.07, 6.45) is 0. The van der Waals surface area contributed by atoms with E-state index < -0.39 is 0 Å². The fourth-order valence-electron chi connectivity index (χ4n) is 0.734. The van der Waals surface area contributed by atoms with Crippen LogP contribution in [0.25, 0.3) is 0 Å². The Morgan fingerprint density at radius 3 is 2.70 bits per heavy atom. The summed E-state index contributed by atoms with van der Waals surface area (Å²) in [5, 5.41) is 5.50. The molecule has 0 aromatic heterocycles. The Hall–Kier alpha value is -1.09. The minimum Gasteiger partial charge on any atom is -0.325 e. The number of hydrogen-bond acceptors (Lipinski definition) is 2. The van der Waals surface area contributed by atoms with Crippen LogP contribution in [0.4, 0.5) is 0 Å². The maximum atomic E-state index is 10.8. The van der Waals surface area contributed by atoms with Gasteiger partial charge >= 0.3 is 0 Å². The zero-order valence-electron chi connectivity index (χ0n) is 5.74. The fraction of sp³-hybridized carbons (Fsp3) is 0.286. The average Bonchev–Trinajstić information content (AvgIpc) is 1.96. The first kappa shape index (κ1) is 7.02. The molecule has 54 valence electrons. The zero-order chi connectivity index (χ0) is 7.56. The molecule has 1 aliphatic heterocycles. The molecule has 10 heavy (non-hydrogen) atoms. The molecule has 1 amide bonds. The molecule has 0 aliphatic carbocycles. The molecule has 0 aromatic carbocycles. The predicted octanol–water partition coefficient (Wildman–Crippen LogP) is -0.224. The van der Waals surface area contributed by atoms with E-state index in [0.717, 1.165) is 5.57 Å². The first-order valence-corrected chi connectivity index (χ1v) is 3.08. The Morgan fingerprint density at radius 2 is 2.00 bits per heavy atom. The third kappa shape index (κ3) is 1.45. The minimum absolute atomic E-state index is 0.0522. The standard InChI is InChI=1S/C7H10N2O/c1-5-3-8-4-7(10)9-6(5)2/h8H,1-4H2,(H,9,10). The Bertz CT molecular complexity index is 196. The molecule has 0 saturated carbocycles. The summed E-state index contributed by atoms with van der Waals surface area (Å²) in [5.41, 5.74) is 1.46. The molecule has 0 bridgehead atoms. The van der Waals surface area contributed by atoms with Crippen molar-refractivity contribution in [1.82, 2.24) is 10.6 Å². The lowest BCUT2D eigenvalue weighted by molar-refractivity contribution is -0.119.